The van der Waals surface area contributed by atoms with Crippen molar-refractivity contribution in [3.8, 4) is 0 Å². The molecular weight excluding hydrogens is 314 g/mol. The number of piperazine rings is 1. The van der Waals surface area contributed by atoms with Crippen LogP contribution in [-0.4, -0.2) is 57.9 Å². The van der Waals surface area contributed by atoms with Crippen molar-refractivity contribution in [1.29, 1.82) is 0 Å². The van der Waals surface area contributed by atoms with Gasteiger partial charge in [-0.1, -0.05) is 18.2 Å². The van der Waals surface area contributed by atoms with Crippen LogP contribution in [0.15, 0.2) is 48.9 Å². The van der Waals surface area contributed by atoms with Crippen molar-refractivity contribution in [2.45, 2.75) is 13.0 Å². The van der Waals surface area contributed by atoms with E-state index < -0.39 is 0 Å². The summed E-state index contributed by atoms with van der Waals surface area (Å²) in [6, 6.07) is 9.61. The third-order valence-electron chi connectivity index (χ3n) is 4.93. The second-order valence-electron chi connectivity index (χ2n) is 6.36. The van der Waals surface area contributed by atoms with Gasteiger partial charge in [-0.3, -0.25) is 9.69 Å². The first-order chi connectivity index (χ1) is 12.2. The van der Waals surface area contributed by atoms with E-state index in [1.807, 2.05) is 43.5 Å². The lowest BCUT2D eigenvalue weighted by Crippen LogP contribution is -2.52. The first-order valence-corrected chi connectivity index (χ1v) is 8.60. The molecule has 3 heterocycles. The molecule has 0 bridgehead atoms. The number of Topliss-reactive ketones (excluding diaryl/α,β-unsaturated/α-hetero) is 1. The standard InChI is InChI=1S/C19H21N5O/c1-14(18(25)16-13-22-17-6-3-2-5-15(16)17)23-9-11-24(12-10-23)19-20-7-4-8-21-19/h2-8,13-14,22H,9-12H2,1H3/t14-/m0/s1. The number of aromatic nitrogens is 3. The molecule has 1 saturated heterocycles. The number of carbonyl (C=O) groups is 1. The van der Waals surface area contributed by atoms with Gasteiger partial charge in [-0.05, 0) is 19.1 Å². The lowest BCUT2D eigenvalue weighted by atomic mass is 10.0. The Labute approximate surface area is 146 Å². The van der Waals surface area contributed by atoms with Crippen LogP contribution in [0.1, 0.15) is 17.3 Å². The molecule has 1 atom stereocenters. The molecule has 0 saturated carbocycles. The van der Waals surface area contributed by atoms with Crippen LogP contribution in [-0.2, 0) is 0 Å². The first-order valence-electron chi connectivity index (χ1n) is 8.60. The number of anilines is 1. The summed E-state index contributed by atoms with van der Waals surface area (Å²) in [7, 11) is 0. The van der Waals surface area contributed by atoms with E-state index in [9.17, 15) is 4.79 Å². The van der Waals surface area contributed by atoms with Crippen LogP contribution in [0.4, 0.5) is 5.95 Å². The molecule has 1 aliphatic rings. The van der Waals surface area contributed by atoms with E-state index in [2.05, 4.69) is 24.8 Å². The van der Waals surface area contributed by atoms with Gasteiger partial charge >= 0.3 is 0 Å². The van der Waals surface area contributed by atoms with Crippen LogP contribution >= 0.6 is 0 Å². The molecule has 1 N–H and O–H groups in total. The van der Waals surface area contributed by atoms with Gasteiger partial charge in [0, 0.05) is 61.2 Å². The Morgan fingerprint density at radius 3 is 2.56 bits per heavy atom. The van der Waals surface area contributed by atoms with Gasteiger partial charge in [0.05, 0.1) is 6.04 Å². The minimum atomic E-state index is -0.141. The Morgan fingerprint density at radius 1 is 1.08 bits per heavy atom. The van der Waals surface area contributed by atoms with Crippen molar-refractivity contribution in [3.63, 3.8) is 0 Å². The number of fused-ring (bicyclic) bond motifs is 1. The van der Waals surface area contributed by atoms with E-state index in [0.717, 1.165) is 48.6 Å². The van der Waals surface area contributed by atoms with Gasteiger partial charge in [0.2, 0.25) is 5.95 Å². The highest BCUT2D eigenvalue weighted by Crippen LogP contribution is 2.21. The van der Waals surface area contributed by atoms with Crippen LogP contribution in [0.3, 0.4) is 0 Å². The summed E-state index contributed by atoms with van der Waals surface area (Å²) >= 11 is 0. The molecule has 0 amide bonds. The third-order valence-corrected chi connectivity index (χ3v) is 4.93. The maximum absolute atomic E-state index is 13.0. The zero-order valence-electron chi connectivity index (χ0n) is 14.2. The van der Waals surface area contributed by atoms with E-state index in [-0.39, 0.29) is 11.8 Å². The van der Waals surface area contributed by atoms with E-state index >= 15 is 0 Å². The SMILES string of the molecule is C[C@@H](C(=O)c1c[nH]c2ccccc12)N1CCN(c2ncccn2)CC1. The quantitative estimate of drug-likeness (QED) is 0.742. The second-order valence-corrected chi connectivity index (χ2v) is 6.36. The first kappa shape index (κ1) is 15.8. The van der Waals surface area contributed by atoms with E-state index in [1.165, 1.54) is 0 Å². The van der Waals surface area contributed by atoms with E-state index in [1.54, 1.807) is 12.4 Å². The van der Waals surface area contributed by atoms with Crippen LogP contribution in [0, 0.1) is 0 Å². The number of rotatable bonds is 4. The number of ketones is 1. The van der Waals surface area contributed by atoms with Gasteiger partial charge in [0.25, 0.3) is 0 Å². The number of carbonyl (C=O) groups excluding carboxylic acids is 1. The minimum Gasteiger partial charge on any atom is -0.360 e. The van der Waals surface area contributed by atoms with Crippen molar-refractivity contribution in [1.82, 2.24) is 19.9 Å². The summed E-state index contributed by atoms with van der Waals surface area (Å²) in [5, 5.41) is 0.996. The molecule has 3 aromatic rings. The van der Waals surface area contributed by atoms with Gasteiger partial charge in [0.1, 0.15) is 0 Å². The molecule has 128 valence electrons. The fraction of sp³-hybridized carbons (Fsp3) is 0.316. The average Bonchev–Trinajstić information content (AvgIpc) is 3.12. The normalized spacial score (nSPS) is 16.9. The zero-order chi connectivity index (χ0) is 17.2. The Kier molecular flexibility index (Phi) is 4.19. The maximum atomic E-state index is 13.0. The van der Waals surface area contributed by atoms with Gasteiger partial charge in [-0.25, -0.2) is 9.97 Å². The Morgan fingerprint density at radius 2 is 1.80 bits per heavy atom. The molecule has 1 fully saturated rings. The number of hydrogen-bond donors (Lipinski definition) is 1. The third kappa shape index (κ3) is 3.00. The van der Waals surface area contributed by atoms with Gasteiger partial charge in [-0.15, -0.1) is 0 Å². The molecule has 0 radical (unpaired) electrons. The van der Waals surface area contributed by atoms with Crippen LogP contribution in [0.2, 0.25) is 0 Å². The molecule has 0 unspecified atom stereocenters. The Hall–Kier alpha value is -2.73. The number of nitrogens with one attached hydrogen (secondary N) is 1. The molecule has 1 aliphatic heterocycles. The number of H-pyrrole nitrogens is 1. The number of para-hydroxylation sites is 1. The van der Waals surface area contributed by atoms with Crippen molar-refractivity contribution < 1.29 is 4.79 Å². The molecular formula is C19H21N5O. The summed E-state index contributed by atoms with van der Waals surface area (Å²) in [6.07, 6.45) is 5.35. The predicted octanol–water partition coefficient (Wildman–Crippen LogP) is 2.35. The van der Waals surface area contributed by atoms with Gasteiger partial charge < -0.3 is 9.88 Å². The number of aromatic amines is 1. The summed E-state index contributed by atoms with van der Waals surface area (Å²) < 4.78 is 0. The Balaban J connectivity index is 1.45. The number of nitrogens with zero attached hydrogens (tertiary/aromatic N) is 4. The lowest BCUT2D eigenvalue weighted by Gasteiger charge is -2.37. The summed E-state index contributed by atoms with van der Waals surface area (Å²) in [4.78, 5) is 29.2. The topological polar surface area (TPSA) is 65.1 Å². The molecule has 6 heteroatoms. The minimum absolute atomic E-state index is 0.141. The highest BCUT2D eigenvalue weighted by molar-refractivity contribution is 6.10. The Bertz CT molecular complexity index is 868. The second kappa shape index (κ2) is 6.64. The summed E-state index contributed by atoms with van der Waals surface area (Å²) in [6.45, 7) is 5.31. The predicted molar refractivity (Wildman–Crippen MR) is 97.9 cm³/mol. The van der Waals surface area contributed by atoms with Crippen LogP contribution in [0.25, 0.3) is 10.9 Å². The number of benzene rings is 1. The van der Waals surface area contributed by atoms with Gasteiger partial charge in [0.15, 0.2) is 5.78 Å². The zero-order valence-corrected chi connectivity index (χ0v) is 14.2. The van der Waals surface area contributed by atoms with Crippen molar-refractivity contribution in [3.05, 3.63) is 54.5 Å². The maximum Gasteiger partial charge on any atom is 0.225 e. The summed E-state index contributed by atoms with van der Waals surface area (Å²) in [5.74, 6) is 0.930. The van der Waals surface area contributed by atoms with E-state index in [0.29, 0.717) is 0 Å². The molecule has 0 aliphatic carbocycles. The number of hydrogen-bond acceptors (Lipinski definition) is 5. The fourth-order valence-electron chi connectivity index (χ4n) is 3.43. The molecule has 0 spiro atoms. The van der Waals surface area contributed by atoms with Crippen LogP contribution < -0.4 is 4.90 Å². The van der Waals surface area contributed by atoms with Crippen molar-refractivity contribution >= 4 is 22.6 Å². The lowest BCUT2D eigenvalue weighted by molar-refractivity contribution is 0.0831. The van der Waals surface area contributed by atoms with E-state index in [4.69, 9.17) is 0 Å². The monoisotopic (exact) mass is 335 g/mol. The molecule has 2 aromatic heterocycles. The van der Waals surface area contributed by atoms with Gasteiger partial charge in [-0.2, -0.15) is 0 Å². The molecule has 1 aromatic carbocycles. The highest BCUT2D eigenvalue weighted by atomic mass is 16.1. The average molecular weight is 335 g/mol. The van der Waals surface area contributed by atoms with Crippen molar-refractivity contribution in [2.75, 3.05) is 31.1 Å². The molecule has 4 rings (SSSR count). The summed E-state index contributed by atoms with van der Waals surface area (Å²) in [5.41, 5.74) is 1.78. The highest BCUT2D eigenvalue weighted by Gasteiger charge is 2.28. The van der Waals surface area contributed by atoms with Crippen molar-refractivity contribution in [2.24, 2.45) is 0 Å². The molecule has 25 heavy (non-hydrogen) atoms. The largest absolute Gasteiger partial charge is 0.360 e. The fourth-order valence-corrected chi connectivity index (χ4v) is 3.43. The van der Waals surface area contributed by atoms with Crippen LogP contribution in [0.5, 0.6) is 0 Å². The molecule has 6 nitrogen and oxygen atoms in total. The smallest absolute Gasteiger partial charge is 0.225 e.